The minimum Gasteiger partial charge on any atom is -0.310 e. The van der Waals surface area contributed by atoms with Gasteiger partial charge in [-0.15, -0.1) is 0 Å². The maximum Gasteiger partial charge on any atom is 0.0775 e. The number of benzene rings is 6. The molecule has 0 N–H and O–H groups in total. The van der Waals surface area contributed by atoms with Crippen LogP contribution in [0.1, 0.15) is 49.9 Å². The fourth-order valence-electron chi connectivity index (χ4n) is 8.08. The zero-order chi connectivity index (χ0) is 32.7. The molecule has 0 unspecified atom stereocenters. The minimum absolute atomic E-state index is 0.0683. The van der Waals surface area contributed by atoms with Crippen LogP contribution in [-0.2, 0) is 10.8 Å². The summed E-state index contributed by atoms with van der Waals surface area (Å²) < 4.78 is 0. The van der Waals surface area contributed by atoms with Crippen LogP contribution in [0.2, 0.25) is 19.6 Å². The van der Waals surface area contributed by atoms with Gasteiger partial charge < -0.3 is 4.90 Å². The molecule has 0 aromatic heterocycles. The van der Waals surface area contributed by atoms with Crippen molar-refractivity contribution in [1.82, 2.24) is 0 Å². The van der Waals surface area contributed by atoms with Gasteiger partial charge in [0, 0.05) is 27.9 Å². The summed E-state index contributed by atoms with van der Waals surface area (Å²) >= 11 is 0. The van der Waals surface area contributed by atoms with Crippen LogP contribution in [0.5, 0.6) is 0 Å². The molecular weight excluding hydrogens is 583 g/mol. The van der Waals surface area contributed by atoms with E-state index in [9.17, 15) is 0 Å². The summed E-state index contributed by atoms with van der Waals surface area (Å²) in [7, 11) is -1.34. The monoisotopic (exact) mass is 625 g/mol. The van der Waals surface area contributed by atoms with Crippen molar-refractivity contribution in [3.05, 3.63) is 156 Å². The van der Waals surface area contributed by atoms with E-state index in [0.717, 1.165) is 5.69 Å². The number of anilines is 3. The first-order valence-electron chi connectivity index (χ1n) is 16.9. The Morgan fingerprint density at radius 1 is 0.404 bits per heavy atom. The summed E-state index contributed by atoms with van der Waals surface area (Å²) in [5.41, 5.74) is 16.9. The second-order valence-corrected chi connectivity index (χ2v) is 20.6. The SMILES string of the molecule is CC1(C)c2ccccc2-c2ccc(N(c3ccc(-c4ccc([Si](C)(C)C)cc4)cc3)c3ccc4c(c3)C(C)(C)c3ccccc3-4)cc21. The van der Waals surface area contributed by atoms with Crippen LogP contribution in [0.15, 0.2) is 133 Å². The van der Waals surface area contributed by atoms with Crippen LogP contribution in [0.3, 0.4) is 0 Å². The van der Waals surface area contributed by atoms with Crippen LogP contribution in [0, 0.1) is 0 Å². The molecule has 1 nitrogen and oxygen atoms in total. The predicted molar refractivity (Wildman–Crippen MR) is 205 cm³/mol. The summed E-state index contributed by atoms with van der Waals surface area (Å²) in [5, 5.41) is 1.49. The van der Waals surface area contributed by atoms with E-state index in [1.54, 1.807) is 0 Å². The third kappa shape index (κ3) is 4.65. The highest BCUT2D eigenvalue weighted by Crippen LogP contribution is 2.53. The fraction of sp³-hybridized carbons (Fsp3) is 0.200. The molecule has 0 aliphatic heterocycles. The van der Waals surface area contributed by atoms with Gasteiger partial charge in [-0.2, -0.15) is 0 Å². The molecule has 0 saturated carbocycles. The first kappa shape index (κ1) is 29.7. The Bertz CT molecular complexity index is 2050. The predicted octanol–water partition coefficient (Wildman–Crippen LogP) is 12.0. The smallest absolute Gasteiger partial charge is 0.0775 e. The van der Waals surface area contributed by atoms with Crippen molar-refractivity contribution < 1.29 is 0 Å². The number of nitrogens with zero attached hydrogens (tertiary/aromatic N) is 1. The van der Waals surface area contributed by atoms with Crippen molar-refractivity contribution in [1.29, 1.82) is 0 Å². The number of fused-ring (bicyclic) bond motifs is 6. The Kier molecular flexibility index (Phi) is 6.59. The van der Waals surface area contributed by atoms with Gasteiger partial charge in [0.15, 0.2) is 0 Å². The molecule has 2 heteroatoms. The standard InChI is InChI=1S/C45H43NSi/c1-44(2)40-14-10-8-12-36(40)38-26-22-33(28-42(38)44)46(32-20-16-30(17-21-32)31-18-24-35(25-19-31)47(5,6)7)34-23-27-39-37-13-9-11-15-41(37)45(3,4)43(39)29-34/h8-29H,1-7H3. The van der Waals surface area contributed by atoms with E-state index >= 15 is 0 Å². The van der Waals surface area contributed by atoms with E-state index in [2.05, 4.69) is 186 Å². The molecule has 2 aliphatic rings. The lowest BCUT2D eigenvalue weighted by atomic mass is 9.82. The molecule has 0 spiro atoms. The second kappa shape index (κ2) is 10.4. The highest BCUT2D eigenvalue weighted by Gasteiger charge is 2.37. The topological polar surface area (TPSA) is 3.24 Å². The second-order valence-electron chi connectivity index (χ2n) is 15.5. The van der Waals surface area contributed by atoms with E-state index in [0.29, 0.717) is 0 Å². The number of rotatable bonds is 5. The maximum atomic E-state index is 2.46. The average molecular weight is 626 g/mol. The summed E-state index contributed by atoms with van der Waals surface area (Å²) in [6.07, 6.45) is 0. The average Bonchev–Trinajstić information content (AvgIpc) is 3.44. The fourth-order valence-corrected chi connectivity index (χ4v) is 9.24. The Labute approximate surface area is 281 Å². The van der Waals surface area contributed by atoms with E-state index in [1.165, 1.54) is 72.2 Å². The normalized spacial score (nSPS) is 15.0. The van der Waals surface area contributed by atoms with Crippen molar-refractivity contribution in [3.63, 3.8) is 0 Å². The van der Waals surface area contributed by atoms with Crippen molar-refractivity contribution in [2.75, 3.05) is 4.90 Å². The number of hydrogen-bond acceptors (Lipinski definition) is 1. The zero-order valence-electron chi connectivity index (χ0n) is 28.6. The third-order valence-electron chi connectivity index (χ3n) is 10.9. The summed E-state index contributed by atoms with van der Waals surface area (Å²) in [6, 6.07) is 50.4. The molecule has 0 bridgehead atoms. The lowest BCUT2D eigenvalue weighted by molar-refractivity contribution is 0.660. The van der Waals surface area contributed by atoms with Crippen LogP contribution in [-0.4, -0.2) is 8.07 Å². The molecular formula is C45H43NSi. The van der Waals surface area contributed by atoms with E-state index in [1.807, 2.05) is 0 Å². The first-order chi connectivity index (χ1) is 22.4. The molecule has 0 heterocycles. The van der Waals surface area contributed by atoms with Crippen LogP contribution in [0.4, 0.5) is 17.1 Å². The molecule has 6 aromatic carbocycles. The molecule has 0 amide bonds. The van der Waals surface area contributed by atoms with Gasteiger partial charge in [0.05, 0.1) is 8.07 Å². The largest absolute Gasteiger partial charge is 0.310 e. The van der Waals surface area contributed by atoms with Crippen LogP contribution in [0.25, 0.3) is 33.4 Å². The van der Waals surface area contributed by atoms with Crippen molar-refractivity contribution in [3.8, 4) is 33.4 Å². The molecule has 2 aliphatic carbocycles. The maximum absolute atomic E-state index is 2.46. The number of hydrogen-bond donors (Lipinski definition) is 0. The Morgan fingerprint density at radius 3 is 1.23 bits per heavy atom. The van der Waals surface area contributed by atoms with Gasteiger partial charge in [0.25, 0.3) is 0 Å². The lowest BCUT2D eigenvalue weighted by Crippen LogP contribution is -2.37. The first-order valence-corrected chi connectivity index (χ1v) is 20.4. The van der Waals surface area contributed by atoms with Crippen molar-refractivity contribution in [2.45, 2.75) is 58.2 Å². The highest BCUT2D eigenvalue weighted by molar-refractivity contribution is 6.88. The van der Waals surface area contributed by atoms with Gasteiger partial charge >= 0.3 is 0 Å². The summed E-state index contributed by atoms with van der Waals surface area (Å²) in [6.45, 7) is 16.7. The van der Waals surface area contributed by atoms with E-state index < -0.39 is 8.07 Å². The van der Waals surface area contributed by atoms with Gasteiger partial charge in [-0.05, 0) is 92.0 Å². The lowest BCUT2D eigenvalue weighted by Gasteiger charge is -2.30. The Balaban J connectivity index is 1.26. The van der Waals surface area contributed by atoms with E-state index in [-0.39, 0.29) is 10.8 Å². The zero-order valence-corrected chi connectivity index (χ0v) is 29.6. The molecule has 8 rings (SSSR count). The molecule has 0 saturated heterocycles. The van der Waals surface area contributed by atoms with Gasteiger partial charge in [-0.3, -0.25) is 0 Å². The molecule has 0 atom stereocenters. The quantitative estimate of drug-likeness (QED) is 0.172. The highest BCUT2D eigenvalue weighted by atomic mass is 28.3. The molecule has 0 fully saturated rings. The van der Waals surface area contributed by atoms with Gasteiger partial charge in [-0.1, -0.05) is 150 Å². The van der Waals surface area contributed by atoms with Gasteiger partial charge in [-0.25, -0.2) is 0 Å². The summed E-state index contributed by atoms with van der Waals surface area (Å²) in [4.78, 5) is 2.46. The Hall–Kier alpha value is -4.66. The van der Waals surface area contributed by atoms with Gasteiger partial charge in [0.2, 0.25) is 0 Å². The molecule has 47 heavy (non-hydrogen) atoms. The molecule has 6 aromatic rings. The van der Waals surface area contributed by atoms with Crippen LogP contribution >= 0.6 is 0 Å². The molecule has 0 radical (unpaired) electrons. The van der Waals surface area contributed by atoms with Crippen molar-refractivity contribution >= 4 is 30.3 Å². The minimum atomic E-state index is -1.34. The summed E-state index contributed by atoms with van der Waals surface area (Å²) in [5.74, 6) is 0. The van der Waals surface area contributed by atoms with Crippen molar-refractivity contribution in [2.24, 2.45) is 0 Å². The van der Waals surface area contributed by atoms with Gasteiger partial charge in [0.1, 0.15) is 0 Å². The third-order valence-corrected chi connectivity index (χ3v) is 12.9. The van der Waals surface area contributed by atoms with E-state index in [4.69, 9.17) is 0 Å². The van der Waals surface area contributed by atoms with Crippen LogP contribution < -0.4 is 10.1 Å². The molecule has 232 valence electrons. The Morgan fingerprint density at radius 2 is 0.787 bits per heavy atom.